The van der Waals surface area contributed by atoms with Gasteiger partial charge >= 0.3 is 0 Å². The van der Waals surface area contributed by atoms with E-state index in [-0.39, 0.29) is 5.69 Å². The molecule has 0 fully saturated rings. The molecular weight excluding hydrogens is 456 g/mol. The molecule has 0 N–H and O–H groups in total. The summed E-state index contributed by atoms with van der Waals surface area (Å²) in [5.41, 5.74) is 2.38. The van der Waals surface area contributed by atoms with Gasteiger partial charge in [0.25, 0.3) is 5.69 Å². The van der Waals surface area contributed by atoms with Gasteiger partial charge in [-0.3, -0.25) is 14.7 Å². The first-order valence-corrected chi connectivity index (χ1v) is 11.2. The molecule has 0 aliphatic carbocycles. The molecule has 0 aliphatic rings. The normalized spacial score (nSPS) is 10.7. The highest BCUT2D eigenvalue weighted by Gasteiger charge is 2.19. The Kier molecular flexibility index (Phi) is 6.98. The molecule has 4 rings (SSSR count). The van der Waals surface area contributed by atoms with Crippen LogP contribution in [-0.2, 0) is 5.75 Å². The van der Waals surface area contributed by atoms with E-state index >= 15 is 0 Å². The number of ether oxygens (including phenoxy) is 3. The lowest BCUT2D eigenvalue weighted by Crippen LogP contribution is -2.01. The van der Waals surface area contributed by atoms with Crippen LogP contribution in [0.2, 0.25) is 0 Å². The van der Waals surface area contributed by atoms with E-state index in [0.29, 0.717) is 39.5 Å². The average Bonchev–Trinajstić information content (AvgIpc) is 3.31. The second kappa shape index (κ2) is 10.3. The van der Waals surface area contributed by atoms with Crippen LogP contribution in [0.3, 0.4) is 0 Å². The number of hydrogen-bond acceptors (Lipinski definition) is 8. The topological polar surface area (TPSA) is 102 Å². The number of nitro benzene ring substituents is 1. The Morgan fingerprint density at radius 1 is 0.882 bits per heavy atom. The second-order valence-corrected chi connectivity index (χ2v) is 8.03. The van der Waals surface area contributed by atoms with Gasteiger partial charge in [0.2, 0.25) is 0 Å². The van der Waals surface area contributed by atoms with E-state index in [2.05, 4.69) is 10.2 Å². The molecule has 1 heterocycles. The van der Waals surface area contributed by atoms with E-state index in [1.165, 1.54) is 31.0 Å². The summed E-state index contributed by atoms with van der Waals surface area (Å²) < 4.78 is 18.1. The zero-order valence-corrected chi connectivity index (χ0v) is 19.6. The molecule has 0 unspecified atom stereocenters. The smallest absolute Gasteiger partial charge is 0.270 e. The molecule has 0 amide bonds. The lowest BCUT2D eigenvalue weighted by molar-refractivity contribution is -0.384. The molecule has 0 saturated heterocycles. The van der Waals surface area contributed by atoms with E-state index in [4.69, 9.17) is 14.2 Å². The Labute approximate surface area is 200 Å². The van der Waals surface area contributed by atoms with Crippen molar-refractivity contribution in [3.63, 3.8) is 0 Å². The predicted octanol–water partition coefficient (Wildman–Crippen LogP) is 5.16. The Morgan fingerprint density at radius 3 is 2.26 bits per heavy atom. The van der Waals surface area contributed by atoms with E-state index in [0.717, 1.165) is 11.3 Å². The van der Waals surface area contributed by atoms with Gasteiger partial charge in [-0.2, -0.15) is 0 Å². The van der Waals surface area contributed by atoms with Gasteiger partial charge < -0.3 is 14.2 Å². The predicted molar refractivity (Wildman–Crippen MR) is 129 cm³/mol. The molecule has 34 heavy (non-hydrogen) atoms. The van der Waals surface area contributed by atoms with Crippen LogP contribution >= 0.6 is 11.8 Å². The minimum Gasteiger partial charge on any atom is -0.496 e. The number of nitro groups is 1. The van der Waals surface area contributed by atoms with Crippen molar-refractivity contribution in [2.45, 2.75) is 10.9 Å². The standard InChI is InChI=1S/C24H22N4O5S/c1-31-20-12-10-19(28(29)30)13-17(20)15-34-24-26-25-23(27(24)18-7-5-4-6-8-18)16-9-11-21(32-2)22(14-16)33-3/h4-14H,15H2,1-3H3. The van der Waals surface area contributed by atoms with Gasteiger partial charge in [0, 0.05) is 34.7 Å². The summed E-state index contributed by atoms with van der Waals surface area (Å²) in [6.45, 7) is 0. The molecule has 9 nitrogen and oxygen atoms in total. The van der Waals surface area contributed by atoms with Gasteiger partial charge in [0.15, 0.2) is 22.5 Å². The minimum atomic E-state index is -0.421. The molecule has 0 spiro atoms. The van der Waals surface area contributed by atoms with Crippen LogP contribution in [-0.4, -0.2) is 41.0 Å². The molecule has 1 aromatic heterocycles. The first-order chi connectivity index (χ1) is 16.5. The third-order valence-electron chi connectivity index (χ3n) is 5.12. The summed E-state index contributed by atoms with van der Waals surface area (Å²) in [7, 11) is 4.70. The van der Waals surface area contributed by atoms with Crippen molar-refractivity contribution in [3.05, 3.63) is 82.4 Å². The molecule has 0 aliphatic heterocycles. The van der Waals surface area contributed by atoms with E-state index in [1.54, 1.807) is 20.3 Å². The van der Waals surface area contributed by atoms with Crippen molar-refractivity contribution in [2.24, 2.45) is 0 Å². The highest BCUT2D eigenvalue weighted by molar-refractivity contribution is 7.98. The Bertz CT molecular complexity index is 1310. The van der Waals surface area contributed by atoms with Crippen LogP contribution in [0.25, 0.3) is 17.1 Å². The first kappa shape index (κ1) is 23.1. The lowest BCUT2D eigenvalue weighted by atomic mass is 10.2. The van der Waals surface area contributed by atoms with E-state index in [1.807, 2.05) is 53.1 Å². The Hall–Kier alpha value is -4.05. The first-order valence-electron chi connectivity index (χ1n) is 10.2. The number of thioether (sulfide) groups is 1. The minimum absolute atomic E-state index is 0.00643. The molecule has 3 aromatic carbocycles. The van der Waals surface area contributed by atoms with Gasteiger partial charge in [0.05, 0.1) is 26.3 Å². The summed E-state index contributed by atoms with van der Waals surface area (Å²) in [6, 6.07) is 19.8. The zero-order valence-electron chi connectivity index (χ0n) is 18.8. The van der Waals surface area contributed by atoms with Gasteiger partial charge in [-0.25, -0.2) is 0 Å². The van der Waals surface area contributed by atoms with Crippen molar-refractivity contribution < 1.29 is 19.1 Å². The summed E-state index contributed by atoms with van der Waals surface area (Å²) in [4.78, 5) is 10.8. The van der Waals surface area contributed by atoms with Gasteiger partial charge in [-0.05, 0) is 36.4 Å². The maximum Gasteiger partial charge on any atom is 0.270 e. The fraction of sp³-hybridized carbons (Fsp3) is 0.167. The Morgan fingerprint density at radius 2 is 1.59 bits per heavy atom. The highest BCUT2D eigenvalue weighted by Crippen LogP contribution is 2.36. The maximum atomic E-state index is 11.2. The van der Waals surface area contributed by atoms with Gasteiger partial charge in [0.1, 0.15) is 5.75 Å². The summed E-state index contributed by atoms with van der Waals surface area (Å²) in [6.07, 6.45) is 0. The lowest BCUT2D eigenvalue weighted by Gasteiger charge is -2.13. The van der Waals surface area contributed by atoms with Crippen molar-refractivity contribution in [1.29, 1.82) is 0 Å². The fourth-order valence-electron chi connectivity index (χ4n) is 3.47. The van der Waals surface area contributed by atoms with Crippen LogP contribution < -0.4 is 14.2 Å². The summed E-state index contributed by atoms with van der Waals surface area (Å²) in [5.74, 6) is 2.80. The third kappa shape index (κ3) is 4.67. The molecule has 0 radical (unpaired) electrons. The molecule has 0 atom stereocenters. The van der Waals surface area contributed by atoms with Crippen LogP contribution in [0, 0.1) is 10.1 Å². The summed E-state index contributed by atoms with van der Waals surface area (Å²) >= 11 is 1.41. The maximum absolute atomic E-state index is 11.2. The number of benzene rings is 3. The van der Waals surface area contributed by atoms with Crippen molar-refractivity contribution >= 4 is 17.4 Å². The number of rotatable bonds is 9. The van der Waals surface area contributed by atoms with Gasteiger partial charge in [-0.1, -0.05) is 30.0 Å². The average molecular weight is 479 g/mol. The van der Waals surface area contributed by atoms with E-state index in [9.17, 15) is 10.1 Å². The number of methoxy groups -OCH3 is 3. The van der Waals surface area contributed by atoms with Crippen LogP contribution in [0.5, 0.6) is 17.2 Å². The SMILES string of the molecule is COc1ccc([N+](=O)[O-])cc1CSc1nnc(-c2ccc(OC)c(OC)c2)n1-c1ccccc1. The van der Waals surface area contributed by atoms with Gasteiger partial charge in [-0.15, -0.1) is 10.2 Å². The molecule has 4 aromatic rings. The second-order valence-electron chi connectivity index (χ2n) is 7.09. The third-order valence-corrected chi connectivity index (χ3v) is 6.10. The largest absolute Gasteiger partial charge is 0.496 e. The molecule has 0 saturated carbocycles. The van der Waals surface area contributed by atoms with E-state index < -0.39 is 4.92 Å². The monoisotopic (exact) mass is 478 g/mol. The summed E-state index contributed by atoms with van der Waals surface area (Å²) in [5, 5.41) is 20.7. The molecule has 174 valence electrons. The molecule has 0 bridgehead atoms. The number of non-ortho nitro benzene ring substituents is 1. The number of para-hydroxylation sites is 1. The highest BCUT2D eigenvalue weighted by atomic mass is 32.2. The van der Waals surface area contributed by atoms with Crippen LogP contribution in [0.4, 0.5) is 5.69 Å². The van der Waals surface area contributed by atoms with Crippen LogP contribution in [0.1, 0.15) is 5.56 Å². The van der Waals surface area contributed by atoms with Crippen molar-refractivity contribution in [2.75, 3.05) is 21.3 Å². The quantitative estimate of drug-likeness (QED) is 0.185. The fourth-order valence-corrected chi connectivity index (χ4v) is 4.40. The number of nitrogens with zero attached hydrogens (tertiary/aromatic N) is 4. The molecular formula is C24H22N4O5S. The van der Waals surface area contributed by atoms with Crippen molar-refractivity contribution in [3.8, 4) is 34.3 Å². The molecule has 10 heteroatoms. The Balaban J connectivity index is 1.75. The number of aromatic nitrogens is 3. The zero-order chi connectivity index (χ0) is 24.1. The van der Waals surface area contributed by atoms with Crippen LogP contribution in [0.15, 0.2) is 71.9 Å². The van der Waals surface area contributed by atoms with Crippen molar-refractivity contribution in [1.82, 2.24) is 14.8 Å². The number of hydrogen-bond donors (Lipinski definition) is 0.